The van der Waals surface area contributed by atoms with Crippen LogP contribution in [0.2, 0.25) is 0 Å². The predicted molar refractivity (Wildman–Crippen MR) is 62.0 cm³/mol. The van der Waals surface area contributed by atoms with Gasteiger partial charge in [0.05, 0.1) is 13.2 Å². The third-order valence-electron chi connectivity index (χ3n) is 2.37. The molecule has 10 heteroatoms. The van der Waals surface area contributed by atoms with Gasteiger partial charge in [-0.2, -0.15) is 21.6 Å². The lowest BCUT2D eigenvalue weighted by atomic mass is 10.4. The summed E-state index contributed by atoms with van der Waals surface area (Å²) in [5.74, 6) is -0.449. The smallest absolute Gasteiger partial charge is 0.449 e. The molecule has 0 N–H and O–H groups in total. The second kappa shape index (κ2) is 6.33. The molecule has 0 fully saturated rings. The number of carbonyl (C=O) groups is 1. The second-order valence-electron chi connectivity index (χ2n) is 4.00. The average molecular weight is 317 g/mol. The summed E-state index contributed by atoms with van der Waals surface area (Å²) >= 11 is 0. The topological polar surface area (TPSA) is 72.9 Å². The van der Waals surface area contributed by atoms with Crippen molar-refractivity contribution in [2.75, 3.05) is 19.7 Å². The van der Waals surface area contributed by atoms with Crippen molar-refractivity contribution in [3.63, 3.8) is 0 Å². The molecule has 1 aliphatic heterocycles. The summed E-state index contributed by atoms with van der Waals surface area (Å²) in [7, 11) is -5.70. The van der Waals surface area contributed by atoms with Crippen molar-refractivity contribution in [2.45, 2.75) is 25.3 Å². The minimum atomic E-state index is -5.70. The highest BCUT2D eigenvalue weighted by atomic mass is 32.2. The van der Waals surface area contributed by atoms with Crippen LogP contribution < -0.4 is 0 Å². The summed E-state index contributed by atoms with van der Waals surface area (Å²) in [4.78, 5) is 12.5. The van der Waals surface area contributed by atoms with Crippen molar-refractivity contribution in [3.8, 4) is 0 Å². The van der Waals surface area contributed by atoms with E-state index in [0.717, 1.165) is 17.4 Å². The van der Waals surface area contributed by atoms with Crippen LogP contribution in [-0.2, 0) is 19.0 Å². The molecule has 0 unspecified atom stereocenters. The lowest BCUT2D eigenvalue weighted by molar-refractivity contribution is -0.0523. The minimum Gasteiger partial charge on any atom is -0.449 e. The zero-order valence-corrected chi connectivity index (χ0v) is 11.5. The fraction of sp³-hybridized carbons (Fsp3) is 0.700. The molecule has 1 amide bonds. The van der Waals surface area contributed by atoms with Gasteiger partial charge in [0.1, 0.15) is 5.76 Å². The number of ether oxygens (including phenoxy) is 1. The fourth-order valence-electron chi connectivity index (χ4n) is 1.31. The van der Waals surface area contributed by atoms with E-state index in [1.54, 1.807) is 0 Å². The average Bonchev–Trinajstić information content (AvgIpc) is 2.75. The Hall–Kier alpha value is -1.45. The first kappa shape index (κ1) is 16.6. The molecule has 0 aliphatic carbocycles. The number of amides is 1. The molecule has 1 heterocycles. The summed E-state index contributed by atoms with van der Waals surface area (Å²) in [5, 5.41) is 0. The minimum absolute atomic E-state index is 0.0618. The summed E-state index contributed by atoms with van der Waals surface area (Å²) in [6.45, 7) is 1.66. The Morgan fingerprint density at radius 1 is 1.45 bits per heavy atom. The van der Waals surface area contributed by atoms with Crippen molar-refractivity contribution >= 4 is 16.2 Å². The van der Waals surface area contributed by atoms with E-state index in [2.05, 4.69) is 4.18 Å². The van der Waals surface area contributed by atoms with Crippen LogP contribution in [0.4, 0.5) is 18.0 Å². The number of rotatable bonds is 5. The van der Waals surface area contributed by atoms with Crippen LogP contribution in [0.25, 0.3) is 0 Å². The third-order valence-corrected chi connectivity index (χ3v) is 3.37. The Morgan fingerprint density at radius 3 is 2.65 bits per heavy atom. The number of hydrogen-bond acceptors (Lipinski definition) is 5. The second-order valence-corrected chi connectivity index (χ2v) is 5.54. The summed E-state index contributed by atoms with van der Waals surface area (Å²) in [6, 6.07) is 0. The van der Waals surface area contributed by atoms with Gasteiger partial charge in [-0.15, -0.1) is 0 Å². The Morgan fingerprint density at radius 2 is 2.10 bits per heavy atom. The van der Waals surface area contributed by atoms with Crippen LogP contribution >= 0.6 is 0 Å². The van der Waals surface area contributed by atoms with Crippen LogP contribution in [0.15, 0.2) is 11.8 Å². The van der Waals surface area contributed by atoms with Gasteiger partial charge in [0.25, 0.3) is 0 Å². The molecule has 6 nitrogen and oxygen atoms in total. The summed E-state index contributed by atoms with van der Waals surface area (Å²) < 4.78 is 66.6. The Bertz CT molecular complexity index is 486. The summed E-state index contributed by atoms with van der Waals surface area (Å²) in [6.07, 6.45) is 1.85. The van der Waals surface area contributed by atoms with E-state index >= 15 is 0 Å². The van der Waals surface area contributed by atoms with Gasteiger partial charge in [-0.1, -0.05) is 13.3 Å². The largest absolute Gasteiger partial charge is 0.534 e. The summed E-state index contributed by atoms with van der Waals surface area (Å²) in [5.41, 5.74) is -5.50. The maximum Gasteiger partial charge on any atom is 0.534 e. The predicted octanol–water partition coefficient (Wildman–Crippen LogP) is 1.99. The Balaban J connectivity index is 2.50. The third kappa shape index (κ3) is 4.29. The van der Waals surface area contributed by atoms with Crippen LogP contribution in [0.5, 0.6) is 0 Å². The zero-order valence-electron chi connectivity index (χ0n) is 10.6. The van der Waals surface area contributed by atoms with E-state index in [4.69, 9.17) is 4.74 Å². The van der Waals surface area contributed by atoms with Gasteiger partial charge >= 0.3 is 21.7 Å². The van der Waals surface area contributed by atoms with E-state index in [0.29, 0.717) is 6.42 Å². The molecule has 0 saturated heterocycles. The Kier molecular flexibility index (Phi) is 5.26. The molecule has 0 saturated carbocycles. The lowest BCUT2D eigenvalue weighted by Gasteiger charge is -2.16. The molecule has 0 aromatic carbocycles. The Labute approximate surface area is 114 Å². The zero-order chi connectivity index (χ0) is 15.4. The molecule has 0 aromatic rings. The quantitative estimate of drug-likeness (QED) is 0.440. The van der Waals surface area contributed by atoms with Crippen molar-refractivity contribution in [1.29, 1.82) is 0 Å². The van der Waals surface area contributed by atoms with Crippen LogP contribution in [0.3, 0.4) is 0 Å². The van der Waals surface area contributed by atoms with Gasteiger partial charge in [-0.05, 0) is 12.5 Å². The molecule has 0 bridgehead atoms. The number of halogens is 3. The van der Waals surface area contributed by atoms with Gasteiger partial charge in [0.2, 0.25) is 0 Å². The molecule has 0 aromatic heterocycles. The number of unbranched alkanes of at least 4 members (excludes halogenated alkanes) is 1. The number of carbonyl (C=O) groups excluding carboxylic acids is 1. The standard InChI is InChI=1S/C10H14F3NO5S/c1-2-3-6-18-9(15)14-5-4-8(7-14)19-20(16,17)10(11,12)13/h4H,2-3,5-7H2,1H3. The maximum atomic E-state index is 12.1. The lowest BCUT2D eigenvalue weighted by Crippen LogP contribution is -2.31. The van der Waals surface area contributed by atoms with Crippen molar-refractivity contribution in [3.05, 3.63) is 11.8 Å². The van der Waals surface area contributed by atoms with E-state index < -0.39 is 27.5 Å². The number of alkyl halides is 3. The number of hydrogen-bond donors (Lipinski definition) is 0. The van der Waals surface area contributed by atoms with Gasteiger partial charge < -0.3 is 8.92 Å². The van der Waals surface area contributed by atoms with Crippen LogP contribution in [-0.4, -0.2) is 44.6 Å². The van der Waals surface area contributed by atoms with Gasteiger partial charge in [0, 0.05) is 6.54 Å². The fourth-order valence-corrected chi connectivity index (χ4v) is 1.81. The van der Waals surface area contributed by atoms with Gasteiger partial charge in [0.15, 0.2) is 0 Å². The SMILES string of the molecule is CCCCOC(=O)N1CC=C(OS(=O)(=O)C(F)(F)F)C1. The van der Waals surface area contributed by atoms with Crippen molar-refractivity contribution in [1.82, 2.24) is 4.90 Å². The first-order valence-electron chi connectivity index (χ1n) is 5.79. The molecule has 20 heavy (non-hydrogen) atoms. The maximum absolute atomic E-state index is 12.1. The first-order chi connectivity index (χ1) is 9.17. The highest BCUT2D eigenvalue weighted by molar-refractivity contribution is 7.87. The molecular weight excluding hydrogens is 303 g/mol. The normalized spacial score (nSPS) is 16.0. The molecule has 116 valence electrons. The molecular formula is C10H14F3NO5S. The first-order valence-corrected chi connectivity index (χ1v) is 7.19. The van der Waals surface area contributed by atoms with E-state index in [1.165, 1.54) is 0 Å². The van der Waals surface area contributed by atoms with E-state index in [1.807, 2.05) is 6.92 Å². The molecule has 0 radical (unpaired) electrons. The van der Waals surface area contributed by atoms with Crippen molar-refractivity contribution < 1.29 is 35.3 Å². The van der Waals surface area contributed by atoms with Crippen molar-refractivity contribution in [2.24, 2.45) is 0 Å². The molecule has 0 spiro atoms. The molecule has 1 aliphatic rings. The number of nitrogens with zero attached hydrogens (tertiary/aromatic N) is 1. The van der Waals surface area contributed by atoms with Crippen LogP contribution in [0.1, 0.15) is 19.8 Å². The van der Waals surface area contributed by atoms with Gasteiger partial charge in [-0.25, -0.2) is 4.79 Å². The van der Waals surface area contributed by atoms with Gasteiger partial charge in [-0.3, -0.25) is 4.90 Å². The monoisotopic (exact) mass is 317 g/mol. The van der Waals surface area contributed by atoms with Crippen LogP contribution in [0, 0.1) is 0 Å². The highest BCUT2D eigenvalue weighted by Gasteiger charge is 2.49. The molecule has 1 rings (SSSR count). The van der Waals surface area contributed by atoms with E-state index in [-0.39, 0.29) is 19.7 Å². The highest BCUT2D eigenvalue weighted by Crippen LogP contribution is 2.27. The van der Waals surface area contributed by atoms with E-state index in [9.17, 15) is 26.4 Å². The molecule has 0 atom stereocenters.